The summed E-state index contributed by atoms with van der Waals surface area (Å²) in [5, 5.41) is 2.50. The lowest BCUT2D eigenvalue weighted by atomic mass is 10.2. The summed E-state index contributed by atoms with van der Waals surface area (Å²) in [4.78, 5) is 12.3. The van der Waals surface area contributed by atoms with Crippen LogP contribution >= 0.6 is 0 Å². The van der Waals surface area contributed by atoms with Crippen molar-refractivity contribution in [2.75, 3.05) is 11.9 Å². The van der Waals surface area contributed by atoms with E-state index in [0.717, 1.165) is 0 Å². The average molecular weight is 416 g/mol. The summed E-state index contributed by atoms with van der Waals surface area (Å²) in [6.07, 6.45) is -4.48. The van der Waals surface area contributed by atoms with Gasteiger partial charge in [-0.3, -0.25) is 4.79 Å². The highest BCUT2D eigenvalue weighted by molar-refractivity contribution is 7.89. The molecule has 0 spiro atoms. The molecule has 2 rings (SSSR count). The predicted molar refractivity (Wildman–Crippen MR) is 97.8 cm³/mol. The fourth-order valence-electron chi connectivity index (χ4n) is 2.21. The van der Waals surface area contributed by atoms with Gasteiger partial charge in [0, 0.05) is 23.4 Å². The zero-order valence-corrected chi connectivity index (χ0v) is 15.9. The van der Waals surface area contributed by atoms with Crippen molar-refractivity contribution in [1.29, 1.82) is 0 Å². The number of alkyl halides is 3. The Morgan fingerprint density at radius 3 is 2.43 bits per heavy atom. The molecule has 10 heteroatoms. The molecule has 0 atom stereocenters. The van der Waals surface area contributed by atoms with Gasteiger partial charge in [0.2, 0.25) is 10.0 Å². The zero-order chi connectivity index (χ0) is 20.9. The van der Waals surface area contributed by atoms with Gasteiger partial charge in [-0.25, -0.2) is 13.1 Å². The SMILES string of the molecule is CC(C)NS(=O)(=O)c1cccc(C(=O)Nc2cccc(OCC(F)(F)F)c2)c1. The van der Waals surface area contributed by atoms with Crippen molar-refractivity contribution in [1.82, 2.24) is 4.72 Å². The topological polar surface area (TPSA) is 84.5 Å². The highest BCUT2D eigenvalue weighted by Gasteiger charge is 2.28. The van der Waals surface area contributed by atoms with E-state index in [9.17, 15) is 26.4 Å². The van der Waals surface area contributed by atoms with Crippen molar-refractivity contribution in [2.45, 2.75) is 31.0 Å². The first kappa shape index (κ1) is 21.7. The summed E-state index contributed by atoms with van der Waals surface area (Å²) in [7, 11) is -3.77. The summed E-state index contributed by atoms with van der Waals surface area (Å²) in [5.41, 5.74) is 0.284. The average Bonchev–Trinajstić information content (AvgIpc) is 2.59. The number of carbonyl (C=O) groups excluding carboxylic acids is 1. The van der Waals surface area contributed by atoms with Gasteiger partial charge in [-0.15, -0.1) is 0 Å². The lowest BCUT2D eigenvalue weighted by Crippen LogP contribution is -2.30. The van der Waals surface area contributed by atoms with Crippen LogP contribution < -0.4 is 14.8 Å². The van der Waals surface area contributed by atoms with Gasteiger partial charge >= 0.3 is 6.18 Å². The van der Waals surface area contributed by atoms with E-state index in [1.807, 2.05) is 0 Å². The van der Waals surface area contributed by atoms with Crippen molar-refractivity contribution < 1.29 is 31.1 Å². The minimum Gasteiger partial charge on any atom is -0.484 e. The van der Waals surface area contributed by atoms with Gasteiger partial charge < -0.3 is 10.1 Å². The van der Waals surface area contributed by atoms with E-state index in [0.29, 0.717) is 0 Å². The molecule has 0 unspecified atom stereocenters. The fraction of sp³-hybridized carbons (Fsp3) is 0.278. The minimum atomic E-state index is -4.48. The van der Waals surface area contributed by atoms with E-state index in [1.54, 1.807) is 13.8 Å². The maximum Gasteiger partial charge on any atom is 0.422 e. The van der Waals surface area contributed by atoms with Gasteiger partial charge in [-0.1, -0.05) is 12.1 Å². The number of benzene rings is 2. The Balaban J connectivity index is 2.14. The molecule has 0 saturated heterocycles. The molecular weight excluding hydrogens is 397 g/mol. The second-order valence-electron chi connectivity index (χ2n) is 6.19. The molecule has 0 aliphatic heterocycles. The van der Waals surface area contributed by atoms with Crippen molar-refractivity contribution >= 4 is 21.6 Å². The quantitative estimate of drug-likeness (QED) is 0.723. The van der Waals surface area contributed by atoms with Gasteiger partial charge in [0.1, 0.15) is 5.75 Å². The molecule has 0 aliphatic rings. The van der Waals surface area contributed by atoms with E-state index in [1.165, 1.54) is 48.5 Å². The third-order valence-corrected chi connectivity index (χ3v) is 4.95. The lowest BCUT2D eigenvalue weighted by molar-refractivity contribution is -0.153. The maximum atomic E-state index is 12.4. The summed E-state index contributed by atoms with van der Waals surface area (Å²) in [5.74, 6) is -0.679. The molecule has 0 heterocycles. The first-order valence-corrected chi connectivity index (χ1v) is 9.68. The molecule has 0 saturated carbocycles. The minimum absolute atomic E-state index is 0.0624. The number of halogens is 3. The van der Waals surface area contributed by atoms with Crippen LogP contribution in [0.1, 0.15) is 24.2 Å². The molecule has 0 fully saturated rings. The Labute approximate surface area is 160 Å². The monoisotopic (exact) mass is 416 g/mol. The number of amides is 1. The largest absolute Gasteiger partial charge is 0.484 e. The zero-order valence-electron chi connectivity index (χ0n) is 15.1. The number of hydrogen-bond donors (Lipinski definition) is 2. The molecule has 6 nitrogen and oxygen atoms in total. The molecule has 2 aromatic carbocycles. The smallest absolute Gasteiger partial charge is 0.422 e. The van der Waals surface area contributed by atoms with Crippen LogP contribution in [0.4, 0.5) is 18.9 Å². The van der Waals surface area contributed by atoms with Gasteiger partial charge in [0.15, 0.2) is 6.61 Å². The normalized spacial score (nSPS) is 12.1. The Morgan fingerprint density at radius 2 is 1.79 bits per heavy atom. The molecule has 0 bridgehead atoms. The molecule has 28 heavy (non-hydrogen) atoms. The predicted octanol–water partition coefficient (Wildman–Crippen LogP) is 3.57. The van der Waals surface area contributed by atoms with Gasteiger partial charge in [0.05, 0.1) is 4.90 Å². The number of sulfonamides is 1. The lowest BCUT2D eigenvalue weighted by Gasteiger charge is -2.12. The first-order chi connectivity index (χ1) is 13.0. The van der Waals surface area contributed by atoms with E-state index in [4.69, 9.17) is 0 Å². The number of carbonyl (C=O) groups is 1. The number of rotatable bonds is 7. The fourth-order valence-corrected chi connectivity index (χ4v) is 3.51. The van der Waals surface area contributed by atoms with Crippen molar-refractivity contribution in [3.8, 4) is 5.75 Å². The second-order valence-corrected chi connectivity index (χ2v) is 7.90. The van der Waals surface area contributed by atoms with Crippen LogP contribution in [0, 0.1) is 0 Å². The van der Waals surface area contributed by atoms with Gasteiger partial charge in [0.25, 0.3) is 5.91 Å². The molecule has 152 valence electrons. The Bertz CT molecular complexity index is 944. The number of nitrogens with one attached hydrogen (secondary N) is 2. The van der Waals surface area contributed by atoms with Crippen molar-refractivity contribution in [2.24, 2.45) is 0 Å². The Morgan fingerprint density at radius 1 is 1.11 bits per heavy atom. The van der Waals surface area contributed by atoms with Crippen LogP contribution in [0.3, 0.4) is 0 Å². The highest BCUT2D eigenvalue weighted by atomic mass is 32.2. The summed E-state index contributed by atoms with van der Waals surface area (Å²) in [6, 6.07) is 10.6. The number of anilines is 1. The molecule has 0 aliphatic carbocycles. The third kappa shape index (κ3) is 6.54. The Kier molecular flexibility index (Phi) is 6.68. The number of ether oxygens (including phenoxy) is 1. The molecule has 0 radical (unpaired) electrons. The molecule has 1 amide bonds. The van der Waals surface area contributed by atoms with Gasteiger partial charge in [-0.05, 0) is 44.2 Å². The van der Waals surface area contributed by atoms with E-state index in [-0.39, 0.29) is 27.9 Å². The molecule has 2 N–H and O–H groups in total. The Hall–Kier alpha value is -2.59. The van der Waals surface area contributed by atoms with Crippen LogP contribution in [0.2, 0.25) is 0 Å². The van der Waals surface area contributed by atoms with Crippen LogP contribution in [0.5, 0.6) is 5.75 Å². The number of hydrogen-bond acceptors (Lipinski definition) is 4. The highest BCUT2D eigenvalue weighted by Crippen LogP contribution is 2.22. The second kappa shape index (κ2) is 8.61. The third-order valence-electron chi connectivity index (χ3n) is 3.29. The van der Waals surface area contributed by atoms with Crippen LogP contribution in [0.15, 0.2) is 53.4 Å². The van der Waals surface area contributed by atoms with Gasteiger partial charge in [-0.2, -0.15) is 13.2 Å². The molecule has 2 aromatic rings. The first-order valence-electron chi connectivity index (χ1n) is 8.20. The molecular formula is C18H19F3N2O4S. The van der Waals surface area contributed by atoms with Crippen LogP contribution in [-0.4, -0.2) is 33.1 Å². The van der Waals surface area contributed by atoms with Crippen molar-refractivity contribution in [3.05, 3.63) is 54.1 Å². The van der Waals surface area contributed by atoms with E-state index >= 15 is 0 Å². The summed E-state index contributed by atoms with van der Waals surface area (Å²) in [6.45, 7) is 1.89. The van der Waals surface area contributed by atoms with E-state index in [2.05, 4.69) is 14.8 Å². The van der Waals surface area contributed by atoms with E-state index < -0.39 is 28.7 Å². The maximum absolute atomic E-state index is 12.4. The summed E-state index contributed by atoms with van der Waals surface area (Å²) < 4.78 is 68.2. The molecule has 0 aromatic heterocycles. The van der Waals surface area contributed by atoms with Crippen LogP contribution in [-0.2, 0) is 10.0 Å². The standard InChI is InChI=1S/C18H19F3N2O4S/c1-12(2)23-28(25,26)16-8-3-5-13(9-16)17(24)22-14-6-4-7-15(10-14)27-11-18(19,20)21/h3-10,12,23H,11H2,1-2H3,(H,22,24). The van der Waals surface area contributed by atoms with Crippen LogP contribution in [0.25, 0.3) is 0 Å². The summed E-state index contributed by atoms with van der Waals surface area (Å²) >= 11 is 0. The van der Waals surface area contributed by atoms with Crippen molar-refractivity contribution in [3.63, 3.8) is 0 Å².